The molecule has 100 valence electrons. The van der Waals surface area contributed by atoms with E-state index in [4.69, 9.17) is 4.74 Å². The molecule has 0 aliphatic heterocycles. The summed E-state index contributed by atoms with van der Waals surface area (Å²) >= 11 is 0. The van der Waals surface area contributed by atoms with Crippen molar-refractivity contribution >= 4 is 5.97 Å². The van der Waals surface area contributed by atoms with Crippen LogP contribution in [0.3, 0.4) is 0 Å². The molecule has 0 amide bonds. The van der Waals surface area contributed by atoms with Gasteiger partial charge in [0.15, 0.2) is 0 Å². The summed E-state index contributed by atoms with van der Waals surface area (Å²) in [7, 11) is 0. The fraction of sp³-hybridized carbons (Fsp3) is 0.800. The van der Waals surface area contributed by atoms with Gasteiger partial charge in [0.1, 0.15) is 0 Å². The van der Waals surface area contributed by atoms with Crippen LogP contribution in [0.5, 0.6) is 0 Å². The van der Waals surface area contributed by atoms with E-state index in [0.717, 1.165) is 24.8 Å². The Balaban J connectivity index is 1.84. The lowest BCUT2D eigenvalue weighted by Crippen LogP contribution is -2.43. The molecule has 0 aromatic heterocycles. The van der Waals surface area contributed by atoms with E-state index in [1.165, 1.54) is 25.7 Å². The van der Waals surface area contributed by atoms with Gasteiger partial charge in [-0.05, 0) is 30.6 Å². The van der Waals surface area contributed by atoms with Crippen LogP contribution in [0.2, 0.25) is 0 Å². The molecule has 0 bridgehead atoms. The van der Waals surface area contributed by atoms with Crippen LogP contribution in [-0.4, -0.2) is 16.9 Å². The van der Waals surface area contributed by atoms with Crippen molar-refractivity contribution in [1.82, 2.24) is 0 Å². The summed E-state index contributed by atoms with van der Waals surface area (Å²) in [5.74, 6) is 0.332. The van der Waals surface area contributed by atoms with Crippen LogP contribution < -0.4 is 0 Å². The minimum atomic E-state index is -1.22. The summed E-state index contributed by atoms with van der Waals surface area (Å²) in [4.78, 5) is 11.4. The van der Waals surface area contributed by atoms with Crippen LogP contribution in [0.1, 0.15) is 44.9 Å². The molecule has 0 spiro atoms. The van der Waals surface area contributed by atoms with Crippen LogP contribution in [0.15, 0.2) is 12.7 Å². The average Bonchev–Trinajstić information content (AvgIpc) is 2.65. The third-order valence-electron chi connectivity index (χ3n) is 5.37. The summed E-state index contributed by atoms with van der Waals surface area (Å²) < 4.78 is 5.32. The van der Waals surface area contributed by atoms with Crippen molar-refractivity contribution in [3.8, 4) is 0 Å². The van der Waals surface area contributed by atoms with E-state index in [2.05, 4.69) is 6.58 Å². The SMILES string of the molecule is C=CC(=O)OC1(O)CC2CCCC3CCCC1C32. The van der Waals surface area contributed by atoms with Crippen LogP contribution >= 0.6 is 0 Å². The van der Waals surface area contributed by atoms with Crippen molar-refractivity contribution in [2.24, 2.45) is 23.7 Å². The highest BCUT2D eigenvalue weighted by atomic mass is 16.7. The maximum Gasteiger partial charge on any atom is 0.332 e. The van der Waals surface area contributed by atoms with Gasteiger partial charge in [0.2, 0.25) is 5.79 Å². The van der Waals surface area contributed by atoms with Crippen LogP contribution in [0, 0.1) is 23.7 Å². The van der Waals surface area contributed by atoms with Gasteiger partial charge in [0.25, 0.3) is 0 Å². The molecule has 5 unspecified atom stereocenters. The number of hydrogen-bond donors (Lipinski definition) is 1. The van der Waals surface area contributed by atoms with Gasteiger partial charge >= 0.3 is 5.97 Å². The van der Waals surface area contributed by atoms with Crippen LogP contribution in [-0.2, 0) is 9.53 Å². The van der Waals surface area contributed by atoms with Crippen molar-refractivity contribution in [3.05, 3.63) is 12.7 Å². The Morgan fingerprint density at radius 3 is 2.61 bits per heavy atom. The molecule has 3 heteroatoms. The maximum atomic E-state index is 11.4. The lowest BCUT2D eigenvalue weighted by atomic mass is 9.64. The monoisotopic (exact) mass is 250 g/mol. The number of hydrogen-bond acceptors (Lipinski definition) is 3. The molecule has 1 N–H and O–H groups in total. The fourth-order valence-corrected chi connectivity index (χ4v) is 4.82. The number of esters is 1. The first-order valence-electron chi connectivity index (χ1n) is 7.22. The molecule has 3 aliphatic carbocycles. The second-order valence-electron chi connectivity index (χ2n) is 6.24. The predicted molar refractivity (Wildman–Crippen MR) is 67.5 cm³/mol. The first-order valence-corrected chi connectivity index (χ1v) is 7.22. The van der Waals surface area contributed by atoms with Crippen LogP contribution in [0.25, 0.3) is 0 Å². The summed E-state index contributed by atoms with van der Waals surface area (Å²) in [5, 5.41) is 10.7. The number of aliphatic hydroxyl groups is 1. The molecule has 0 aromatic carbocycles. The Hall–Kier alpha value is -0.830. The molecule has 3 aliphatic rings. The Morgan fingerprint density at radius 2 is 1.89 bits per heavy atom. The summed E-state index contributed by atoms with van der Waals surface area (Å²) in [6.45, 7) is 3.42. The molecular formula is C15H22O3. The highest BCUT2D eigenvalue weighted by Crippen LogP contribution is 2.58. The molecule has 3 saturated carbocycles. The Labute approximate surface area is 108 Å². The van der Waals surface area contributed by atoms with Crippen molar-refractivity contribution in [3.63, 3.8) is 0 Å². The Morgan fingerprint density at radius 1 is 1.22 bits per heavy atom. The van der Waals surface area contributed by atoms with Gasteiger partial charge in [0, 0.05) is 18.4 Å². The number of carbonyl (C=O) groups excluding carboxylic acids is 1. The van der Waals surface area contributed by atoms with Gasteiger partial charge in [0.05, 0.1) is 0 Å². The lowest BCUT2D eigenvalue weighted by Gasteiger charge is -2.42. The minimum Gasteiger partial charge on any atom is -0.430 e. The molecule has 3 rings (SSSR count). The Bertz CT molecular complexity index is 363. The van der Waals surface area contributed by atoms with Crippen molar-refractivity contribution in [1.29, 1.82) is 0 Å². The van der Waals surface area contributed by atoms with Gasteiger partial charge in [-0.3, -0.25) is 0 Å². The van der Waals surface area contributed by atoms with Gasteiger partial charge < -0.3 is 9.84 Å². The number of rotatable bonds is 2. The number of ether oxygens (including phenoxy) is 1. The van der Waals surface area contributed by atoms with Crippen molar-refractivity contribution in [2.45, 2.75) is 50.7 Å². The molecule has 0 radical (unpaired) electrons. The molecule has 0 heterocycles. The standard InChI is InChI=1S/C15H22O3/c1-2-13(16)18-15(17)9-11-7-3-5-10-6-4-8-12(15)14(10)11/h2,10-12,14,17H,1,3-9H2. The second-order valence-corrected chi connectivity index (χ2v) is 6.24. The Kier molecular flexibility index (Phi) is 2.97. The highest BCUT2D eigenvalue weighted by Gasteiger charge is 2.58. The fourth-order valence-electron chi connectivity index (χ4n) is 4.82. The van der Waals surface area contributed by atoms with E-state index in [1.54, 1.807) is 0 Å². The second kappa shape index (κ2) is 4.37. The van der Waals surface area contributed by atoms with Gasteiger partial charge in [-0.25, -0.2) is 4.79 Å². The summed E-state index contributed by atoms with van der Waals surface area (Å²) in [6, 6.07) is 0. The zero-order chi connectivity index (χ0) is 12.8. The van der Waals surface area contributed by atoms with Crippen LogP contribution in [0.4, 0.5) is 0 Å². The highest BCUT2D eigenvalue weighted by molar-refractivity contribution is 5.81. The van der Waals surface area contributed by atoms with E-state index in [9.17, 15) is 9.90 Å². The molecule has 5 atom stereocenters. The molecule has 0 saturated heterocycles. The van der Waals surface area contributed by atoms with E-state index >= 15 is 0 Å². The number of carbonyl (C=O) groups is 1. The quantitative estimate of drug-likeness (QED) is 0.465. The molecule has 18 heavy (non-hydrogen) atoms. The third-order valence-corrected chi connectivity index (χ3v) is 5.37. The molecular weight excluding hydrogens is 228 g/mol. The van der Waals surface area contributed by atoms with Gasteiger partial charge in [-0.1, -0.05) is 32.3 Å². The van der Waals surface area contributed by atoms with E-state index < -0.39 is 11.8 Å². The lowest BCUT2D eigenvalue weighted by molar-refractivity contribution is -0.226. The third kappa shape index (κ3) is 1.80. The maximum absolute atomic E-state index is 11.4. The zero-order valence-electron chi connectivity index (χ0n) is 10.8. The molecule has 3 fully saturated rings. The zero-order valence-corrected chi connectivity index (χ0v) is 10.8. The predicted octanol–water partition coefficient (Wildman–Crippen LogP) is 2.64. The average molecular weight is 250 g/mol. The molecule has 3 nitrogen and oxygen atoms in total. The summed E-state index contributed by atoms with van der Waals surface area (Å²) in [5.41, 5.74) is 0. The van der Waals surface area contributed by atoms with Gasteiger partial charge in [-0.2, -0.15) is 0 Å². The largest absolute Gasteiger partial charge is 0.430 e. The van der Waals surface area contributed by atoms with E-state index in [-0.39, 0.29) is 5.92 Å². The first kappa shape index (κ1) is 12.2. The van der Waals surface area contributed by atoms with Gasteiger partial charge in [-0.15, -0.1) is 0 Å². The van der Waals surface area contributed by atoms with Crippen molar-refractivity contribution < 1.29 is 14.6 Å². The minimum absolute atomic E-state index is 0.158. The summed E-state index contributed by atoms with van der Waals surface area (Å²) in [6.07, 6.45) is 8.99. The van der Waals surface area contributed by atoms with E-state index in [0.29, 0.717) is 18.3 Å². The smallest absolute Gasteiger partial charge is 0.332 e. The van der Waals surface area contributed by atoms with Crippen molar-refractivity contribution in [2.75, 3.05) is 0 Å². The topological polar surface area (TPSA) is 46.5 Å². The molecule has 0 aromatic rings. The normalized spacial score (nSPS) is 46.3. The van der Waals surface area contributed by atoms with E-state index in [1.807, 2.05) is 0 Å². The first-order chi connectivity index (χ1) is 8.64.